The van der Waals surface area contributed by atoms with E-state index in [0.29, 0.717) is 36.0 Å². The molecule has 0 fully saturated rings. The average molecular weight is 267 g/mol. The number of carbonyl (C=O) groups is 1. The molecule has 0 bridgehead atoms. The third-order valence-electron chi connectivity index (χ3n) is 2.57. The lowest BCUT2D eigenvalue weighted by atomic mass is 10.2. The fourth-order valence-corrected chi connectivity index (χ4v) is 1.93. The molecule has 6 nitrogen and oxygen atoms in total. The molecule has 2 rings (SSSR count). The SMILES string of the molecule is [N-]=[N+]=NCCCN1C(=O)COc2ccc(Cl)cc21. The number of azide groups is 1. The monoisotopic (exact) mass is 266 g/mol. The molecule has 0 saturated carbocycles. The predicted molar refractivity (Wildman–Crippen MR) is 67.9 cm³/mol. The number of halogens is 1. The van der Waals surface area contributed by atoms with Crippen molar-refractivity contribution in [3.05, 3.63) is 33.7 Å². The third kappa shape index (κ3) is 2.67. The summed E-state index contributed by atoms with van der Waals surface area (Å²) in [5.41, 5.74) is 8.86. The van der Waals surface area contributed by atoms with Gasteiger partial charge in [0.1, 0.15) is 5.75 Å². The number of hydrogen-bond acceptors (Lipinski definition) is 3. The molecule has 7 heteroatoms. The molecule has 0 spiro atoms. The number of fused-ring (bicyclic) bond motifs is 1. The van der Waals surface area contributed by atoms with Gasteiger partial charge in [-0.15, -0.1) is 0 Å². The molecule has 0 unspecified atom stereocenters. The normalized spacial score (nSPS) is 13.6. The number of rotatable bonds is 4. The summed E-state index contributed by atoms with van der Waals surface area (Å²) in [6.07, 6.45) is 0.599. The summed E-state index contributed by atoms with van der Waals surface area (Å²) in [4.78, 5) is 16.1. The molecule has 0 radical (unpaired) electrons. The van der Waals surface area contributed by atoms with Gasteiger partial charge >= 0.3 is 0 Å². The Bertz CT molecular complexity index is 514. The van der Waals surface area contributed by atoms with E-state index in [0.717, 1.165) is 0 Å². The maximum absolute atomic E-state index is 11.8. The minimum atomic E-state index is -0.120. The van der Waals surface area contributed by atoms with Crippen molar-refractivity contribution in [2.75, 3.05) is 24.6 Å². The zero-order valence-electron chi connectivity index (χ0n) is 9.54. The molecule has 0 saturated heterocycles. The van der Waals surface area contributed by atoms with Gasteiger partial charge in [0.15, 0.2) is 6.61 Å². The van der Waals surface area contributed by atoms with Gasteiger partial charge in [0, 0.05) is 23.0 Å². The molecule has 1 aromatic carbocycles. The van der Waals surface area contributed by atoms with E-state index >= 15 is 0 Å². The van der Waals surface area contributed by atoms with Crippen molar-refractivity contribution in [2.45, 2.75) is 6.42 Å². The summed E-state index contributed by atoms with van der Waals surface area (Å²) in [5, 5.41) is 3.99. The Balaban J connectivity index is 2.16. The molecule has 1 aliphatic heterocycles. The van der Waals surface area contributed by atoms with E-state index in [1.54, 1.807) is 23.1 Å². The van der Waals surface area contributed by atoms with E-state index in [2.05, 4.69) is 10.0 Å². The molecule has 94 valence electrons. The fourth-order valence-electron chi connectivity index (χ4n) is 1.76. The van der Waals surface area contributed by atoms with Crippen molar-refractivity contribution < 1.29 is 9.53 Å². The van der Waals surface area contributed by atoms with Crippen LogP contribution in [0, 0.1) is 0 Å². The molecule has 0 atom stereocenters. The first-order valence-electron chi connectivity index (χ1n) is 5.46. The number of anilines is 1. The summed E-state index contributed by atoms with van der Waals surface area (Å²) >= 11 is 5.91. The van der Waals surface area contributed by atoms with Crippen LogP contribution in [0.1, 0.15) is 6.42 Å². The van der Waals surface area contributed by atoms with Crippen LogP contribution in [0.25, 0.3) is 10.4 Å². The minimum absolute atomic E-state index is 0.0240. The van der Waals surface area contributed by atoms with Crippen LogP contribution in [-0.2, 0) is 4.79 Å². The Morgan fingerprint density at radius 1 is 1.56 bits per heavy atom. The second-order valence-electron chi connectivity index (χ2n) is 3.75. The highest BCUT2D eigenvalue weighted by molar-refractivity contribution is 6.31. The van der Waals surface area contributed by atoms with Gasteiger partial charge in [-0.2, -0.15) is 0 Å². The lowest BCUT2D eigenvalue weighted by Crippen LogP contribution is -2.39. The molecule has 1 aliphatic rings. The average Bonchev–Trinajstić information content (AvgIpc) is 2.36. The molecular weight excluding hydrogens is 256 g/mol. The second-order valence-corrected chi connectivity index (χ2v) is 4.19. The van der Waals surface area contributed by atoms with Gasteiger partial charge in [0.25, 0.3) is 5.91 Å². The standard InChI is InChI=1S/C11H11ClN4O2/c12-8-2-3-10-9(6-8)16(11(17)7-18-10)5-1-4-14-15-13/h2-3,6H,1,4-5,7H2. The number of nitrogens with zero attached hydrogens (tertiary/aromatic N) is 4. The quantitative estimate of drug-likeness (QED) is 0.363. The van der Waals surface area contributed by atoms with Crippen molar-refractivity contribution in [2.24, 2.45) is 5.11 Å². The number of amides is 1. The maximum Gasteiger partial charge on any atom is 0.265 e. The zero-order valence-corrected chi connectivity index (χ0v) is 10.3. The first-order valence-corrected chi connectivity index (χ1v) is 5.84. The van der Waals surface area contributed by atoms with Crippen LogP contribution in [0.2, 0.25) is 5.02 Å². The second kappa shape index (κ2) is 5.62. The van der Waals surface area contributed by atoms with Gasteiger partial charge in [-0.25, -0.2) is 0 Å². The van der Waals surface area contributed by atoms with E-state index in [1.165, 1.54) is 0 Å². The first kappa shape index (κ1) is 12.5. The predicted octanol–water partition coefficient (Wildman–Crippen LogP) is 2.77. The molecule has 1 amide bonds. The number of carbonyl (C=O) groups excluding carboxylic acids is 1. The van der Waals surface area contributed by atoms with Crippen molar-refractivity contribution >= 4 is 23.2 Å². The molecule has 1 heterocycles. The summed E-state index contributed by atoms with van der Waals surface area (Å²) in [6.45, 7) is 0.863. The minimum Gasteiger partial charge on any atom is -0.482 e. The summed E-state index contributed by atoms with van der Waals surface area (Å²) in [6, 6.07) is 5.15. The van der Waals surface area contributed by atoms with Gasteiger partial charge in [-0.05, 0) is 30.2 Å². The lowest BCUT2D eigenvalue weighted by molar-refractivity contribution is -0.121. The van der Waals surface area contributed by atoms with E-state index in [-0.39, 0.29) is 12.5 Å². The van der Waals surface area contributed by atoms with Gasteiger partial charge in [-0.1, -0.05) is 16.7 Å². The Labute approximate surface area is 109 Å². The van der Waals surface area contributed by atoms with Crippen LogP contribution in [0.15, 0.2) is 23.3 Å². The van der Waals surface area contributed by atoms with Crippen molar-refractivity contribution in [1.29, 1.82) is 0 Å². The van der Waals surface area contributed by atoms with Crippen LogP contribution in [0.4, 0.5) is 5.69 Å². The Kier molecular flexibility index (Phi) is 3.92. The maximum atomic E-state index is 11.8. The largest absolute Gasteiger partial charge is 0.482 e. The smallest absolute Gasteiger partial charge is 0.265 e. The van der Waals surface area contributed by atoms with Crippen LogP contribution in [0.5, 0.6) is 5.75 Å². The van der Waals surface area contributed by atoms with Crippen LogP contribution < -0.4 is 9.64 Å². The molecule has 0 N–H and O–H groups in total. The van der Waals surface area contributed by atoms with E-state index in [9.17, 15) is 4.79 Å². The highest BCUT2D eigenvalue weighted by Crippen LogP contribution is 2.34. The van der Waals surface area contributed by atoms with Gasteiger partial charge in [-0.3, -0.25) is 4.79 Å². The summed E-state index contributed by atoms with van der Waals surface area (Å²) in [5.74, 6) is 0.522. The van der Waals surface area contributed by atoms with Crippen molar-refractivity contribution in [1.82, 2.24) is 0 Å². The third-order valence-corrected chi connectivity index (χ3v) is 2.80. The first-order chi connectivity index (χ1) is 8.72. The Morgan fingerprint density at radius 3 is 3.17 bits per heavy atom. The van der Waals surface area contributed by atoms with Crippen LogP contribution in [0.3, 0.4) is 0 Å². The van der Waals surface area contributed by atoms with Crippen LogP contribution >= 0.6 is 11.6 Å². The topological polar surface area (TPSA) is 78.3 Å². The number of hydrogen-bond donors (Lipinski definition) is 0. The van der Waals surface area contributed by atoms with Crippen molar-refractivity contribution in [3.8, 4) is 5.75 Å². The molecule has 0 aliphatic carbocycles. The van der Waals surface area contributed by atoms with Crippen molar-refractivity contribution in [3.63, 3.8) is 0 Å². The van der Waals surface area contributed by atoms with Gasteiger partial charge in [0.05, 0.1) is 5.69 Å². The van der Waals surface area contributed by atoms with Gasteiger partial charge in [0.2, 0.25) is 0 Å². The number of benzene rings is 1. The Morgan fingerprint density at radius 2 is 2.39 bits per heavy atom. The number of ether oxygens (including phenoxy) is 1. The van der Waals surface area contributed by atoms with E-state index in [1.807, 2.05) is 0 Å². The molecule has 18 heavy (non-hydrogen) atoms. The van der Waals surface area contributed by atoms with E-state index < -0.39 is 0 Å². The molecule has 1 aromatic rings. The van der Waals surface area contributed by atoms with Gasteiger partial charge < -0.3 is 9.64 Å². The Hall–Kier alpha value is -1.91. The fraction of sp³-hybridized carbons (Fsp3) is 0.364. The highest BCUT2D eigenvalue weighted by Gasteiger charge is 2.24. The van der Waals surface area contributed by atoms with E-state index in [4.69, 9.17) is 21.9 Å². The molecule has 0 aromatic heterocycles. The lowest BCUT2D eigenvalue weighted by Gasteiger charge is -2.29. The summed E-state index contributed by atoms with van der Waals surface area (Å²) < 4.78 is 5.32. The van der Waals surface area contributed by atoms with Crippen LogP contribution in [-0.4, -0.2) is 25.6 Å². The molecular formula is C11H11ClN4O2. The highest BCUT2D eigenvalue weighted by atomic mass is 35.5. The zero-order chi connectivity index (χ0) is 13.0. The summed E-state index contributed by atoms with van der Waals surface area (Å²) in [7, 11) is 0.